The van der Waals surface area contributed by atoms with E-state index < -0.39 is 6.04 Å². The molecular weight excluding hydrogens is 252 g/mol. The lowest BCUT2D eigenvalue weighted by Crippen LogP contribution is -2.14. The molecule has 1 aromatic heterocycles. The first-order chi connectivity index (χ1) is 9.80. The Bertz CT molecular complexity index is 600. The van der Waals surface area contributed by atoms with E-state index in [9.17, 15) is 5.26 Å². The predicted molar refractivity (Wildman–Crippen MR) is 77.5 cm³/mol. The molecule has 0 aliphatic rings. The molecule has 0 fully saturated rings. The highest BCUT2D eigenvalue weighted by Gasteiger charge is 2.16. The molecule has 2 rings (SSSR count). The Labute approximate surface area is 118 Å². The van der Waals surface area contributed by atoms with Crippen molar-refractivity contribution in [2.45, 2.75) is 25.9 Å². The van der Waals surface area contributed by atoms with E-state index in [1.807, 2.05) is 28.8 Å². The van der Waals surface area contributed by atoms with Gasteiger partial charge in [-0.25, -0.2) is 4.98 Å². The van der Waals surface area contributed by atoms with Crippen LogP contribution in [0, 0.1) is 11.3 Å². The van der Waals surface area contributed by atoms with Gasteiger partial charge in [0.2, 0.25) is 0 Å². The summed E-state index contributed by atoms with van der Waals surface area (Å²) in [5.41, 5.74) is 1.66. The molecule has 2 aromatic rings. The van der Waals surface area contributed by atoms with Gasteiger partial charge in [-0.3, -0.25) is 0 Å². The average molecular weight is 270 g/mol. The molecule has 0 aliphatic carbocycles. The molecule has 20 heavy (non-hydrogen) atoms. The number of hydrogen-bond donors (Lipinski definition) is 1. The van der Waals surface area contributed by atoms with Crippen molar-refractivity contribution in [3.8, 4) is 11.8 Å². The number of imidazole rings is 1. The van der Waals surface area contributed by atoms with Gasteiger partial charge < -0.3 is 14.6 Å². The van der Waals surface area contributed by atoms with Crippen LogP contribution >= 0.6 is 0 Å². The molecular formula is C15H18N4O. The lowest BCUT2D eigenvalue weighted by Gasteiger charge is -2.17. The molecule has 5 nitrogen and oxygen atoms in total. The number of methoxy groups -OCH3 is 1. The maximum atomic E-state index is 9.42. The maximum absolute atomic E-state index is 9.42. The van der Waals surface area contributed by atoms with E-state index in [1.54, 1.807) is 19.6 Å². The summed E-state index contributed by atoms with van der Waals surface area (Å²) in [4.78, 5) is 4.13. The molecule has 1 N–H and O–H groups in total. The van der Waals surface area contributed by atoms with Crippen molar-refractivity contribution in [1.29, 1.82) is 5.26 Å². The molecule has 1 atom stereocenters. The van der Waals surface area contributed by atoms with E-state index in [1.165, 1.54) is 0 Å². The summed E-state index contributed by atoms with van der Waals surface area (Å²) in [6, 6.07) is 9.37. The van der Waals surface area contributed by atoms with Crippen molar-refractivity contribution < 1.29 is 4.74 Å². The number of para-hydroxylation sites is 2. The number of aryl methyl sites for hydroxylation is 1. The lowest BCUT2D eigenvalue weighted by molar-refractivity contribution is 0.416. The largest absolute Gasteiger partial charge is 0.495 e. The maximum Gasteiger partial charge on any atom is 0.157 e. The van der Waals surface area contributed by atoms with Gasteiger partial charge in [0.1, 0.15) is 5.75 Å². The summed E-state index contributed by atoms with van der Waals surface area (Å²) >= 11 is 0. The topological polar surface area (TPSA) is 62.9 Å². The highest BCUT2D eigenvalue weighted by Crippen LogP contribution is 2.27. The zero-order chi connectivity index (χ0) is 14.4. The van der Waals surface area contributed by atoms with Crippen molar-refractivity contribution in [1.82, 2.24) is 9.55 Å². The van der Waals surface area contributed by atoms with Crippen molar-refractivity contribution in [3.05, 3.63) is 42.5 Å². The first kappa shape index (κ1) is 13.9. The number of nitriles is 1. The minimum atomic E-state index is -0.458. The number of benzene rings is 1. The second-order valence-corrected chi connectivity index (χ2v) is 4.42. The highest BCUT2D eigenvalue weighted by molar-refractivity contribution is 5.58. The van der Waals surface area contributed by atoms with Crippen LogP contribution in [0.5, 0.6) is 5.75 Å². The summed E-state index contributed by atoms with van der Waals surface area (Å²) in [6.07, 6.45) is 4.48. The van der Waals surface area contributed by atoms with E-state index >= 15 is 0 Å². The molecule has 0 radical (unpaired) electrons. The first-order valence-electron chi connectivity index (χ1n) is 6.59. The third-order valence-electron chi connectivity index (χ3n) is 3.04. The molecule has 0 aliphatic heterocycles. The monoisotopic (exact) mass is 270 g/mol. The Balaban J connectivity index is 2.25. The Kier molecular flexibility index (Phi) is 4.61. The summed E-state index contributed by atoms with van der Waals surface area (Å²) in [5.74, 6) is 0.717. The fourth-order valence-corrected chi connectivity index (χ4v) is 2.09. The molecule has 104 valence electrons. The molecule has 0 bridgehead atoms. The second-order valence-electron chi connectivity index (χ2n) is 4.42. The molecule has 1 heterocycles. The quantitative estimate of drug-likeness (QED) is 0.876. The standard InChI is InChI=1S/C15H18N4O/c1-3-8-19-11-17-10-14(19)13(9-16)18-12-6-4-5-7-15(12)20-2/h4-7,10-11,13,18H,3,8H2,1-2H3. The Morgan fingerprint density at radius 3 is 2.95 bits per heavy atom. The van der Waals surface area contributed by atoms with Crippen molar-refractivity contribution >= 4 is 5.69 Å². The van der Waals surface area contributed by atoms with Gasteiger partial charge in [-0.05, 0) is 18.6 Å². The zero-order valence-electron chi connectivity index (χ0n) is 11.7. The number of ether oxygens (including phenoxy) is 1. The predicted octanol–water partition coefficient (Wildman–Crippen LogP) is 2.98. The van der Waals surface area contributed by atoms with E-state index in [4.69, 9.17) is 4.74 Å². The molecule has 0 saturated carbocycles. The van der Waals surface area contributed by atoms with Crippen molar-refractivity contribution in [2.24, 2.45) is 0 Å². The molecule has 5 heteroatoms. The van der Waals surface area contributed by atoms with E-state index in [0.717, 1.165) is 24.3 Å². The number of nitrogens with zero attached hydrogens (tertiary/aromatic N) is 3. The van der Waals surface area contributed by atoms with Gasteiger partial charge in [0.15, 0.2) is 6.04 Å². The summed E-state index contributed by atoms with van der Waals surface area (Å²) in [7, 11) is 1.61. The van der Waals surface area contributed by atoms with Crippen LogP contribution in [0.15, 0.2) is 36.8 Å². The Morgan fingerprint density at radius 2 is 2.25 bits per heavy atom. The zero-order valence-corrected chi connectivity index (χ0v) is 11.7. The third-order valence-corrected chi connectivity index (χ3v) is 3.04. The van der Waals surface area contributed by atoms with Gasteiger partial charge in [-0.1, -0.05) is 19.1 Å². The van der Waals surface area contributed by atoms with Gasteiger partial charge in [0.05, 0.1) is 37.1 Å². The van der Waals surface area contributed by atoms with Crippen LogP contribution in [0.4, 0.5) is 5.69 Å². The number of nitrogens with one attached hydrogen (secondary N) is 1. The fraction of sp³-hybridized carbons (Fsp3) is 0.333. The van der Waals surface area contributed by atoms with Crippen LogP contribution in [0.25, 0.3) is 0 Å². The minimum absolute atomic E-state index is 0.458. The van der Waals surface area contributed by atoms with E-state index in [0.29, 0.717) is 5.75 Å². The van der Waals surface area contributed by atoms with Gasteiger partial charge in [0, 0.05) is 6.54 Å². The number of hydrogen-bond acceptors (Lipinski definition) is 4. The number of aromatic nitrogens is 2. The number of anilines is 1. The molecule has 0 saturated heterocycles. The van der Waals surface area contributed by atoms with Gasteiger partial charge >= 0.3 is 0 Å². The van der Waals surface area contributed by atoms with Gasteiger partial charge in [-0.2, -0.15) is 5.26 Å². The van der Waals surface area contributed by atoms with Crippen LogP contribution < -0.4 is 10.1 Å². The van der Waals surface area contributed by atoms with E-state index in [2.05, 4.69) is 23.3 Å². The van der Waals surface area contributed by atoms with E-state index in [-0.39, 0.29) is 0 Å². The number of rotatable bonds is 6. The molecule has 0 spiro atoms. The SMILES string of the molecule is CCCn1cncc1C(C#N)Nc1ccccc1OC. The molecule has 0 amide bonds. The molecule has 1 unspecified atom stereocenters. The highest BCUT2D eigenvalue weighted by atomic mass is 16.5. The van der Waals surface area contributed by atoms with Crippen LogP contribution in [0.3, 0.4) is 0 Å². The second kappa shape index (κ2) is 6.62. The smallest absolute Gasteiger partial charge is 0.157 e. The van der Waals surface area contributed by atoms with Crippen molar-refractivity contribution in [3.63, 3.8) is 0 Å². The molecule has 1 aromatic carbocycles. The summed E-state index contributed by atoms with van der Waals surface area (Å²) in [6.45, 7) is 2.94. The van der Waals surface area contributed by atoms with Gasteiger partial charge in [-0.15, -0.1) is 0 Å². The summed E-state index contributed by atoms with van der Waals surface area (Å²) < 4.78 is 7.29. The normalized spacial score (nSPS) is 11.7. The Hall–Kier alpha value is -2.48. The summed E-state index contributed by atoms with van der Waals surface area (Å²) in [5, 5.41) is 12.6. The first-order valence-corrected chi connectivity index (χ1v) is 6.59. The minimum Gasteiger partial charge on any atom is -0.495 e. The third kappa shape index (κ3) is 2.91. The fourth-order valence-electron chi connectivity index (χ4n) is 2.09. The van der Waals surface area contributed by atoms with Gasteiger partial charge in [0.25, 0.3) is 0 Å². The van der Waals surface area contributed by atoms with Crippen LogP contribution in [0.2, 0.25) is 0 Å². The lowest BCUT2D eigenvalue weighted by atomic mass is 10.2. The van der Waals surface area contributed by atoms with Crippen LogP contribution in [-0.4, -0.2) is 16.7 Å². The van der Waals surface area contributed by atoms with Crippen LogP contribution in [-0.2, 0) is 6.54 Å². The Morgan fingerprint density at radius 1 is 1.45 bits per heavy atom. The average Bonchev–Trinajstić information content (AvgIpc) is 2.93. The van der Waals surface area contributed by atoms with Crippen molar-refractivity contribution in [2.75, 3.05) is 12.4 Å². The van der Waals surface area contributed by atoms with Crippen LogP contribution in [0.1, 0.15) is 25.1 Å².